The van der Waals surface area contributed by atoms with Crippen LogP contribution < -0.4 is 4.74 Å². The summed E-state index contributed by atoms with van der Waals surface area (Å²) in [5.74, 6) is -4.10. The van der Waals surface area contributed by atoms with E-state index < -0.39 is 35.0 Å². The summed E-state index contributed by atoms with van der Waals surface area (Å²) in [7, 11) is 1.46. The third kappa shape index (κ3) is 4.29. The number of amides is 2. The summed E-state index contributed by atoms with van der Waals surface area (Å²) >= 11 is 3.58. The Hall–Kier alpha value is -4.30. The van der Waals surface area contributed by atoms with Crippen molar-refractivity contribution in [3.63, 3.8) is 0 Å². The second-order valence-electron chi connectivity index (χ2n) is 12.7. The fourth-order valence-electron chi connectivity index (χ4n) is 8.70. The highest BCUT2D eigenvalue weighted by Gasteiger charge is 2.66. The fraction of sp³-hybridized carbons (Fsp3) is 0.316. The van der Waals surface area contributed by atoms with E-state index in [1.807, 2.05) is 73.7 Å². The molecule has 0 radical (unpaired) electrons. The number of ketones is 2. The van der Waals surface area contributed by atoms with Crippen LogP contribution in [0.3, 0.4) is 0 Å². The van der Waals surface area contributed by atoms with Crippen molar-refractivity contribution in [3.05, 3.63) is 112 Å². The molecule has 0 bridgehead atoms. The van der Waals surface area contributed by atoms with Crippen LogP contribution in [0.1, 0.15) is 48.8 Å². The largest absolute Gasteiger partial charge is 0.504 e. The van der Waals surface area contributed by atoms with Crippen LogP contribution in [0.4, 0.5) is 0 Å². The molecule has 0 aromatic heterocycles. The van der Waals surface area contributed by atoms with E-state index in [1.165, 1.54) is 18.1 Å². The summed E-state index contributed by atoms with van der Waals surface area (Å²) in [4.78, 5) is 58.9. The number of imide groups is 1. The molecule has 7 nitrogen and oxygen atoms in total. The lowest BCUT2D eigenvalue weighted by Gasteiger charge is -2.55. The van der Waals surface area contributed by atoms with Gasteiger partial charge in [-0.3, -0.25) is 24.1 Å². The lowest BCUT2D eigenvalue weighted by molar-refractivity contribution is -0.140. The molecule has 1 aliphatic heterocycles. The van der Waals surface area contributed by atoms with E-state index in [0.717, 1.165) is 5.57 Å². The van der Waals surface area contributed by atoms with E-state index in [9.17, 15) is 19.5 Å². The molecular formula is C38H34BrNO6. The number of Topliss-reactive ketones (excluding diaryl/α,β-unsaturated/α-hetero) is 1. The van der Waals surface area contributed by atoms with Crippen molar-refractivity contribution in [3.8, 4) is 11.5 Å². The van der Waals surface area contributed by atoms with Crippen LogP contribution >= 0.6 is 15.9 Å². The highest BCUT2D eigenvalue weighted by atomic mass is 79.9. The monoisotopic (exact) mass is 679 g/mol. The van der Waals surface area contributed by atoms with Gasteiger partial charge in [-0.15, -0.1) is 0 Å². The minimum atomic E-state index is -1.43. The molecule has 1 N–H and O–H groups in total. The zero-order chi connectivity index (χ0) is 32.3. The molecule has 1 saturated carbocycles. The molecule has 0 unspecified atom stereocenters. The summed E-state index contributed by atoms with van der Waals surface area (Å²) in [6, 6.07) is 21.9. The number of hydrogen-bond acceptors (Lipinski definition) is 6. The van der Waals surface area contributed by atoms with Gasteiger partial charge in [0.05, 0.1) is 24.4 Å². The Morgan fingerprint density at radius 1 is 0.957 bits per heavy atom. The van der Waals surface area contributed by atoms with Crippen LogP contribution in [0.5, 0.6) is 11.5 Å². The van der Waals surface area contributed by atoms with E-state index in [2.05, 4.69) is 15.9 Å². The van der Waals surface area contributed by atoms with Gasteiger partial charge in [0.2, 0.25) is 11.8 Å². The highest BCUT2D eigenvalue weighted by Crippen LogP contribution is 2.65. The number of halogens is 1. The third-order valence-electron chi connectivity index (χ3n) is 10.5. The summed E-state index contributed by atoms with van der Waals surface area (Å²) in [6.45, 7) is 2.28. The summed E-state index contributed by atoms with van der Waals surface area (Å²) in [6.07, 6.45) is 4.68. The molecule has 8 heteroatoms. The first-order valence-electron chi connectivity index (χ1n) is 15.8. The highest BCUT2D eigenvalue weighted by molar-refractivity contribution is 9.10. The molecule has 3 aromatic rings. The van der Waals surface area contributed by atoms with Crippen molar-refractivity contribution >= 4 is 44.9 Å². The van der Waals surface area contributed by atoms with Crippen molar-refractivity contribution in [2.45, 2.75) is 37.5 Å². The van der Waals surface area contributed by atoms with Gasteiger partial charge in [-0.2, -0.15) is 0 Å². The molecule has 4 aliphatic rings. The number of rotatable bonds is 6. The lowest BCUT2D eigenvalue weighted by atomic mass is 9.44. The van der Waals surface area contributed by atoms with Gasteiger partial charge in [0, 0.05) is 34.0 Å². The number of methoxy groups -OCH3 is 1. The molecule has 0 spiro atoms. The molecule has 3 aliphatic carbocycles. The van der Waals surface area contributed by atoms with Crippen molar-refractivity contribution in [2.75, 3.05) is 13.7 Å². The van der Waals surface area contributed by atoms with Gasteiger partial charge in [-0.1, -0.05) is 95.2 Å². The summed E-state index contributed by atoms with van der Waals surface area (Å²) in [5, 5.41) is 11.8. The topological polar surface area (TPSA) is 101 Å². The predicted octanol–water partition coefficient (Wildman–Crippen LogP) is 6.40. The molecule has 2 fully saturated rings. The second-order valence-corrected chi connectivity index (χ2v) is 13.6. The number of ether oxygens (including phenoxy) is 1. The Kier molecular flexibility index (Phi) is 7.59. The second kappa shape index (κ2) is 11.5. The molecular weight excluding hydrogens is 646 g/mol. The Morgan fingerprint density at radius 3 is 2.33 bits per heavy atom. The van der Waals surface area contributed by atoms with E-state index in [0.29, 0.717) is 46.1 Å². The van der Waals surface area contributed by atoms with Crippen molar-refractivity contribution < 1.29 is 29.0 Å². The number of aromatic hydroxyl groups is 1. The molecule has 3 aromatic carbocycles. The van der Waals surface area contributed by atoms with E-state index >= 15 is 4.79 Å². The first-order valence-corrected chi connectivity index (χ1v) is 16.6. The smallest absolute Gasteiger partial charge is 0.233 e. The Labute approximate surface area is 276 Å². The minimum absolute atomic E-state index is 0.132. The number of phenolic OH excluding ortho intramolecular Hbond substituents is 1. The first-order chi connectivity index (χ1) is 22.2. The van der Waals surface area contributed by atoms with E-state index in [1.54, 1.807) is 12.1 Å². The van der Waals surface area contributed by atoms with Crippen molar-refractivity contribution in [2.24, 2.45) is 23.7 Å². The molecule has 234 valence electrons. The van der Waals surface area contributed by atoms with E-state index in [-0.39, 0.29) is 41.3 Å². The number of likely N-dealkylation sites (tertiary alicyclic amines) is 1. The Balaban J connectivity index is 1.53. The van der Waals surface area contributed by atoms with Crippen molar-refractivity contribution in [1.29, 1.82) is 0 Å². The zero-order valence-corrected chi connectivity index (χ0v) is 27.2. The SMILES string of the molecule is CCCN1C(=O)[C@H]2[C@H](CC=C3[C@H]2C[C@H]2C(=O)C(c4ccccc4)=CC(=O)[C@@]2(c2ccccc2)[C@H]3c2cc(Br)cc(OC)c2O)C1=O. The summed E-state index contributed by atoms with van der Waals surface area (Å²) in [5.41, 5.74) is 1.44. The molecule has 1 heterocycles. The van der Waals surface area contributed by atoms with E-state index in [4.69, 9.17) is 4.74 Å². The minimum Gasteiger partial charge on any atom is -0.504 e. The number of carbonyl (C=O) groups is 4. The number of phenols is 1. The van der Waals surface area contributed by atoms with Crippen LogP contribution in [0.15, 0.2) is 95.0 Å². The van der Waals surface area contributed by atoms with Gasteiger partial charge < -0.3 is 9.84 Å². The summed E-state index contributed by atoms with van der Waals surface area (Å²) < 4.78 is 6.19. The average molecular weight is 681 g/mol. The fourth-order valence-corrected chi connectivity index (χ4v) is 9.15. The van der Waals surface area contributed by atoms with Crippen LogP contribution in [-0.4, -0.2) is 47.0 Å². The maximum atomic E-state index is 15.1. The standard InChI is InChI=1S/C38H34BrNO6/c1-3-16-40-36(44)25-15-14-24-27(32(25)37(40)45)19-29-34(42)26(21-10-6-4-7-11-21)20-31(41)38(29,22-12-8-5-9-13-22)33(24)28-17-23(39)18-30(46-2)35(28)43/h4-14,17-18,20,25,27,29,32-33,43H,3,15-16,19H2,1-2H3/t25-,27+,29-,32-,33+,38-/m0/s1. The average Bonchev–Trinajstić information content (AvgIpc) is 3.32. The van der Waals surface area contributed by atoms with Gasteiger partial charge in [-0.25, -0.2) is 0 Å². The third-order valence-corrected chi connectivity index (χ3v) is 11.0. The Bertz CT molecular complexity index is 1830. The predicted molar refractivity (Wildman–Crippen MR) is 176 cm³/mol. The van der Waals surface area contributed by atoms with Gasteiger partial charge in [0.15, 0.2) is 23.1 Å². The maximum Gasteiger partial charge on any atom is 0.233 e. The number of nitrogens with zero attached hydrogens (tertiary/aromatic N) is 1. The lowest BCUT2D eigenvalue weighted by Crippen LogP contribution is -2.58. The number of carbonyl (C=O) groups excluding carboxylic acids is 4. The number of fused-ring (bicyclic) bond motifs is 4. The maximum absolute atomic E-state index is 15.1. The molecule has 1 saturated heterocycles. The number of benzene rings is 3. The van der Waals surface area contributed by atoms with Crippen LogP contribution in [-0.2, 0) is 24.6 Å². The quantitative estimate of drug-likeness (QED) is 0.239. The van der Waals surface area contributed by atoms with Gasteiger partial charge in [0.1, 0.15) is 0 Å². The first kappa shape index (κ1) is 30.4. The Morgan fingerprint density at radius 2 is 1.65 bits per heavy atom. The zero-order valence-electron chi connectivity index (χ0n) is 25.6. The molecule has 46 heavy (non-hydrogen) atoms. The van der Waals surface area contributed by atoms with Crippen molar-refractivity contribution in [1.82, 2.24) is 4.90 Å². The molecule has 6 atom stereocenters. The van der Waals surface area contributed by atoms with Crippen LogP contribution in [0.2, 0.25) is 0 Å². The van der Waals surface area contributed by atoms with Gasteiger partial charge >= 0.3 is 0 Å². The normalized spacial score (nSPS) is 28.7. The molecule has 7 rings (SSSR count). The molecule has 2 amide bonds. The van der Waals surface area contributed by atoms with Gasteiger partial charge in [0.25, 0.3) is 0 Å². The van der Waals surface area contributed by atoms with Gasteiger partial charge in [-0.05, 0) is 54.5 Å². The van der Waals surface area contributed by atoms with Crippen LogP contribution in [0, 0.1) is 23.7 Å². The number of allylic oxidation sites excluding steroid dienone is 4. The van der Waals surface area contributed by atoms with Crippen LogP contribution in [0.25, 0.3) is 5.57 Å². The number of hydrogen-bond donors (Lipinski definition) is 1.